The molecule has 2 amide bonds. The normalized spacial score (nSPS) is 29.1. The number of amides is 2. The first-order valence-electron chi connectivity index (χ1n) is 6.88. The first-order valence-corrected chi connectivity index (χ1v) is 6.88. The SMILES string of the molecule is CCC1(C)C(=O)NC(CC(C)C)C(=O)N1C(C)C. The van der Waals surface area contributed by atoms with Crippen molar-refractivity contribution < 1.29 is 9.59 Å². The summed E-state index contributed by atoms with van der Waals surface area (Å²) in [5, 5.41) is 2.89. The van der Waals surface area contributed by atoms with E-state index in [0.717, 1.165) is 0 Å². The Morgan fingerprint density at radius 1 is 1.28 bits per heavy atom. The van der Waals surface area contributed by atoms with Gasteiger partial charge in [-0.05, 0) is 39.5 Å². The van der Waals surface area contributed by atoms with Crippen molar-refractivity contribution in [3.8, 4) is 0 Å². The molecule has 0 aromatic rings. The number of carbonyl (C=O) groups is 2. The predicted octanol–water partition coefficient (Wildman–Crippen LogP) is 1.94. The summed E-state index contributed by atoms with van der Waals surface area (Å²) in [5.74, 6) is 0.422. The molecule has 1 fully saturated rings. The lowest BCUT2D eigenvalue weighted by molar-refractivity contribution is -0.159. The molecule has 1 aliphatic rings. The second-order valence-electron chi connectivity index (χ2n) is 6.08. The maximum Gasteiger partial charge on any atom is 0.246 e. The molecular weight excluding hydrogens is 228 g/mol. The molecule has 18 heavy (non-hydrogen) atoms. The fourth-order valence-electron chi connectivity index (χ4n) is 2.68. The van der Waals surface area contributed by atoms with Crippen LogP contribution in [0.2, 0.25) is 0 Å². The maximum atomic E-state index is 12.5. The Morgan fingerprint density at radius 3 is 2.22 bits per heavy atom. The van der Waals surface area contributed by atoms with E-state index in [2.05, 4.69) is 19.2 Å². The highest BCUT2D eigenvalue weighted by Gasteiger charge is 2.49. The van der Waals surface area contributed by atoms with Crippen LogP contribution in [0.1, 0.15) is 54.4 Å². The molecule has 1 rings (SSSR count). The van der Waals surface area contributed by atoms with E-state index < -0.39 is 5.54 Å². The van der Waals surface area contributed by atoms with Gasteiger partial charge in [0.1, 0.15) is 11.6 Å². The van der Waals surface area contributed by atoms with Gasteiger partial charge in [-0.2, -0.15) is 0 Å². The third-order valence-electron chi connectivity index (χ3n) is 3.77. The van der Waals surface area contributed by atoms with E-state index in [4.69, 9.17) is 0 Å². The molecule has 1 heterocycles. The number of hydrogen-bond acceptors (Lipinski definition) is 2. The molecule has 0 aliphatic carbocycles. The molecule has 4 heteroatoms. The third-order valence-corrected chi connectivity index (χ3v) is 3.77. The Balaban J connectivity index is 3.06. The van der Waals surface area contributed by atoms with Crippen LogP contribution in [0, 0.1) is 5.92 Å². The van der Waals surface area contributed by atoms with E-state index in [-0.39, 0.29) is 23.9 Å². The van der Waals surface area contributed by atoms with Gasteiger partial charge in [-0.1, -0.05) is 20.8 Å². The van der Waals surface area contributed by atoms with Crippen molar-refractivity contribution in [2.24, 2.45) is 5.92 Å². The molecule has 0 aromatic carbocycles. The summed E-state index contributed by atoms with van der Waals surface area (Å²) >= 11 is 0. The molecule has 2 unspecified atom stereocenters. The lowest BCUT2D eigenvalue weighted by Crippen LogP contribution is -2.70. The summed E-state index contributed by atoms with van der Waals surface area (Å²) in [5.41, 5.74) is -0.710. The van der Waals surface area contributed by atoms with E-state index in [1.807, 2.05) is 27.7 Å². The molecule has 0 bridgehead atoms. The van der Waals surface area contributed by atoms with Crippen molar-refractivity contribution in [2.75, 3.05) is 0 Å². The van der Waals surface area contributed by atoms with Crippen LogP contribution in [0.5, 0.6) is 0 Å². The second-order valence-corrected chi connectivity index (χ2v) is 6.08. The zero-order valence-electron chi connectivity index (χ0n) is 12.4. The highest BCUT2D eigenvalue weighted by atomic mass is 16.2. The average molecular weight is 254 g/mol. The van der Waals surface area contributed by atoms with E-state index >= 15 is 0 Å². The Labute approximate surface area is 110 Å². The topological polar surface area (TPSA) is 49.4 Å². The number of rotatable bonds is 4. The number of nitrogens with one attached hydrogen (secondary N) is 1. The molecule has 0 radical (unpaired) electrons. The molecule has 1 N–H and O–H groups in total. The number of piperazine rings is 1. The summed E-state index contributed by atoms with van der Waals surface area (Å²) in [7, 11) is 0. The van der Waals surface area contributed by atoms with Gasteiger partial charge in [0, 0.05) is 6.04 Å². The van der Waals surface area contributed by atoms with Crippen LogP contribution in [0.15, 0.2) is 0 Å². The molecule has 2 atom stereocenters. The van der Waals surface area contributed by atoms with Crippen LogP contribution in [0.4, 0.5) is 0 Å². The van der Waals surface area contributed by atoms with Crippen LogP contribution in [0.3, 0.4) is 0 Å². The molecule has 104 valence electrons. The molecule has 0 aromatic heterocycles. The van der Waals surface area contributed by atoms with Gasteiger partial charge < -0.3 is 10.2 Å². The molecule has 1 aliphatic heterocycles. The number of carbonyl (C=O) groups excluding carboxylic acids is 2. The maximum absolute atomic E-state index is 12.5. The third kappa shape index (κ3) is 2.52. The van der Waals surface area contributed by atoms with Gasteiger partial charge >= 0.3 is 0 Å². The average Bonchev–Trinajstić information content (AvgIpc) is 2.25. The van der Waals surface area contributed by atoms with Gasteiger partial charge in [-0.25, -0.2) is 0 Å². The smallest absolute Gasteiger partial charge is 0.246 e. The Bertz CT molecular complexity index is 339. The predicted molar refractivity (Wildman–Crippen MR) is 72.1 cm³/mol. The largest absolute Gasteiger partial charge is 0.342 e. The highest BCUT2D eigenvalue weighted by Crippen LogP contribution is 2.28. The van der Waals surface area contributed by atoms with Gasteiger partial charge in [0.05, 0.1) is 0 Å². The van der Waals surface area contributed by atoms with Crippen LogP contribution in [-0.4, -0.2) is 34.3 Å². The standard InChI is InChI=1S/C14H26N2O2/c1-7-14(6)13(18)15-11(8-9(2)3)12(17)16(14)10(4)5/h9-11H,7-8H2,1-6H3,(H,15,18). The van der Waals surface area contributed by atoms with Crippen molar-refractivity contribution in [3.63, 3.8) is 0 Å². The minimum Gasteiger partial charge on any atom is -0.342 e. The van der Waals surface area contributed by atoms with Crippen molar-refractivity contribution in [1.82, 2.24) is 10.2 Å². The number of hydrogen-bond donors (Lipinski definition) is 1. The van der Waals surface area contributed by atoms with Crippen molar-refractivity contribution in [1.29, 1.82) is 0 Å². The summed E-state index contributed by atoms with van der Waals surface area (Å²) in [6, 6.07) is -0.317. The van der Waals surface area contributed by atoms with Gasteiger partial charge in [0.2, 0.25) is 11.8 Å². The molecule has 4 nitrogen and oxygen atoms in total. The zero-order chi connectivity index (χ0) is 14.1. The quantitative estimate of drug-likeness (QED) is 0.833. The van der Waals surface area contributed by atoms with Crippen LogP contribution in [0.25, 0.3) is 0 Å². The Morgan fingerprint density at radius 2 is 1.83 bits per heavy atom. The fraction of sp³-hybridized carbons (Fsp3) is 0.857. The summed E-state index contributed by atoms with van der Waals surface area (Å²) in [6.45, 7) is 11.9. The second kappa shape index (κ2) is 5.29. The molecular formula is C14H26N2O2. The lowest BCUT2D eigenvalue weighted by Gasteiger charge is -2.48. The van der Waals surface area contributed by atoms with Gasteiger partial charge in [-0.15, -0.1) is 0 Å². The first-order chi connectivity index (χ1) is 8.24. The minimum absolute atomic E-state index is 0.0241. The molecule has 1 saturated heterocycles. The van der Waals surface area contributed by atoms with Crippen LogP contribution < -0.4 is 5.32 Å². The first kappa shape index (κ1) is 15.0. The lowest BCUT2D eigenvalue weighted by atomic mass is 9.87. The van der Waals surface area contributed by atoms with Crippen molar-refractivity contribution in [3.05, 3.63) is 0 Å². The van der Waals surface area contributed by atoms with E-state index in [9.17, 15) is 9.59 Å². The van der Waals surface area contributed by atoms with Crippen molar-refractivity contribution in [2.45, 2.75) is 72.0 Å². The molecule has 0 saturated carbocycles. The summed E-state index contributed by atoms with van der Waals surface area (Å²) in [6.07, 6.45) is 1.34. The van der Waals surface area contributed by atoms with E-state index in [1.165, 1.54) is 0 Å². The van der Waals surface area contributed by atoms with Crippen LogP contribution in [-0.2, 0) is 9.59 Å². The summed E-state index contributed by atoms with van der Waals surface area (Å²) < 4.78 is 0. The highest BCUT2D eigenvalue weighted by molar-refractivity contribution is 5.99. The van der Waals surface area contributed by atoms with Crippen LogP contribution >= 0.6 is 0 Å². The van der Waals surface area contributed by atoms with E-state index in [1.54, 1.807) is 4.90 Å². The Hall–Kier alpha value is -1.06. The Kier molecular flexibility index (Phi) is 4.41. The van der Waals surface area contributed by atoms with Crippen molar-refractivity contribution >= 4 is 11.8 Å². The number of nitrogens with zero attached hydrogens (tertiary/aromatic N) is 1. The minimum atomic E-state index is -0.710. The van der Waals surface area contributed by atoms with Gasteiger partial charge in [0.25, 0.3) is 0 Å². The summed E-state index contributed by atoms with van der Waals surface area (Å²) in [4.78, 5) is 26.6. The molecule has 0 spiro atoms. The zero-order valence-corrected chi connectivity index (χ0v) is 12.4. The van der Waals surface area contributed by atoms with Gasteiger partial charge in [0.15, 0.2) is 0 Å². The van der Waals surface area contributed by atoms with E-state index in [0.29, 0.717) is 18.8 Å². The monoisotopic (exact) mass is 254 g/mol. The fourth-order valence-corrected chi connectivity index (χ4v) is 2.68. The van der Waals surface area contributed by atoms with Gasteiger partial charge in [-0.3, -0.25) is 9.59 Å².